The predicted octanol–water partition coefficient (Wildman–Crippen LogP) is 8.07. The quantitative estimate of drug-likeness (QED) is 0.281. The van der Waals surface area contributed by atoms with Crippen LogP contribution in [-0.2, 0) is 10.8 Å². The Bertz CT molecular complexity index is 1110. The van der Waals surface area contributed by atoms with Gasteiger partial charge in [-0.1, -0.05) is 120 Å². The van der Waals surface area contributed by atoms with Crippen molar-refractivity contribution in [3.63, 3.8) is 0 Å². The summed E-state index contributed by atoms with van der Waals surface area (Å²) in [5.41, 5.74) is 5.67. The zero-order valence-corrected chi connectivity index (χ0v) is 21.1. The number of carbonyl (C=O) groups excluding carboxylic acids is 2. The van der Waals surface area contributed by atoms with Gasteiger partial charge in [0.2, 0.25) is 0 Å². The fraction of sp³-hybridized carbons (Fsp3) is 0.250. The maximum Gasteiger partial charge on any atom is 0.185 e. The lowest BCUT2D eigenvalue weighted by Gasteiger charge is -2.18. The second-order valence-electron chi connectivity index (χ2n) is 10.7. The van der Waals surface area contributed by atoms with E-state index in [1.54, 1.807) is 12.2 Å². The predicted molar refractivity (Wildman–Crippen MR) is 143 cm³/mol. The van der Waals surface area contributed by atoms with Crippen molar-refractivity contribution in [1.29, 1.82) is 0 Å². The largest absolute Gasteiger partial charge is 0.289 e. The summed E-state index contributed by atoms with van der Waals surface area (Å²) in [5, 5.41) is 0. The number of rotatable bonds is 6. The first-order chi connectivity index (χ1) is 15.9. The van der Waals surface area contributed by atoms with Gasteiger partial charge in [0.05, 0.1) is 0 Å². The molecule has 0 aliphatic carbocycles. The van der Waals surface area contributed by atoms with Crippen molar-refractivity contribution >= 4 is 23.7 Å². The summed E-state index contributed by atoms with van der Waals surface area (Å²) in [6, 6.07) is 23.3. The molecule has 34 heavy (non-hydrogen) atoms. The van der Waals surface area contributed by atoms with E-state index in [1.807, 2.05) is 84.9 Å². The highest BCUT2D eigenvalue weighted by Crippen LogP contribution is 2.23. The number of hydrogen-bond acceptors (Lipinski definition) is 2. The molecule has 3 rings (SSSR count). The van der Waals surface area contributed by atoms with Crippen LogP contribution in [0.25, 0.3) is 12.2 Å². The van der Waals surface area contributed by atoms with Crippen LogP contribution in [0.2, 0.25) is 0 Å². The third-order valence-corrected chi connectivity index (χ3v) is 5.84. The summed E-state index contributed by atoms with van der Waals surface area (Å²) in [6.07, 6.45) is 6.81. The minimum absolute atomic E-state index is 0.0321. The van der Waals surface area contributed by atoms with Crippen LogP contribution in [-0.4, -0.2) is 11.6 Å². The van der Waals surface area contributed by atoms with E-state index < -0.39 is 0 Å². The molecular weight excluding hydrogens is 416 g/mol. The molecule has 0 saturated heterocycles. The van der Waals surface area contributed by atoms with Gasteiger partial charge in [0.1, 0.15) is 0 Å². The maximum absolute atomic E-state index is 12.6. The Balaban J connectivity index is 1.67. The van der Waals surface area contributed by atoms with Crippen LogP contribution in [0, 0.1) is 0 Å². The Morgan fingerprint density at radius 3 is 1.24 bits per heavy atom. The highest BCUT2D eigenvalue weighted by Gasteiger charge is 2.14. The first-order valence-corrected chi connectivity index (χ1v) is 11.7. The number of ketones is 2. The van der Waals surface area contributed by atoms with Crippen molar-refractivity contribution in [2.75, 3.05) is 0 Å². The highest BCUT2D eigenvalue weighted by atomic mass is 16.1. The molecule has 0 radical (unpaired) electrons. The van der Waals surface area contributed by atoms with Crippen LogP contribution in [0.5, 0.6) is 0 Å². The summed E-state index contributed by atoms with van der Waals surface area (Å²) < 4.78 is 0. The molecule has 0 spiro atoms. The number of hydrogen-bond donors (Lipinski definition) is 0. The Labute approximate surface area is 204 Å². The van der Waals surface area contributed by atoms with Crippen molar-refractivity contribution in [3.05, 3.63) is 118 Å². The van der Waals surface area contributed by atoms with E-state index in [2.05, 4.69) is 41.5 Å². The highest BCUT2D eigenvalue weighted by molar-refractivity contribution is 6.07. The molecule has 0 fully saturated rings. The molecule has 0 saturated carbocycles. The lowest BCUT2D eigenvalue weighted by molar-refractivity contribution is 0.103. The minimum atomic E-state index is -0.0321. The fourth-order valence-corrected chi connectivity index (χ4v) is 3.57. The Morgan fingerprint density at radius 2 is 0.912 bits per heavy atom. The van der Waals surface area contributed by atoms with E-state index in [-0.39, 0.29) is 22.4 Å². The average molecular weight is 451 g/mol. The maximum atomic E-state index is 12.6. The summed E-state index contributed by atoms with van der Waals surface area (Å²) >= 11 is 0. The molecule has 0 bridgehead atoms. The van der Waals surface area contributed by atoms with Gasteiger partial charge >= 0.3 is 0 Å². The van der Waals surface area contributed by atoms with Crippen molar-refractivity contribution in [2.24, 2.45) is 0 Å². The first kappa shape index (κ1) is 25.1. The van der Waals surface area contributed by atoms with Crippen LogP contribution < -0.4 is 0 Å². The van der Waals surface area contributed by atoms with Crippen molar-refractivity contribution in [3.8, 4) is 0 Å². The van der Waals surface area contributed by atoms with Gasteiger partial charge in [0.25, 0.3) is 0 Å². The van der Waals surface area contributed by atoms with Crippen LogP contribution >= 0.6 is 0 Å². The van der Waals surface area contributed by atoms with Gasteiger partial charge in [-0.05, 0) is 51.3 Å². The van der Waals surface area contributed by atoms with E-state index in [4.69, 9.17) is 0 Å². The Hall–Kier alpha value is -3.52. The second kappa shape index (κ2) is 10.2. The van der Waals surface area contributed by atoms with Gasteiger partial charge in [0, 0.05) is 11.1 Å². The van der Waals surface area contributed by atoms with Gasteiger partial charge in [0.15, 0.2) is 11.6 Å². The smallest absolute Gasteiger partial charge is 0.185 e. The fourth-order valence-electron chi connectivity index (χ4n) is 3.57. The third kappa shape index (κ3) is 6.74. The number of carbonyl (C=O) groups is 2. The zero-order chi connectivity index (χ0) is 24.9. The zero-order valence-electron chi connectivity index (χ0n) is 21.1. The molecule has 3 aromatic carbocycles. The minimum Gasteiger partial charge on any atom is -0.289 e. The molecule has 0 N–H and O–H groups in total. The van der Waals surface area contributed by atoms with E-state index in [0.29, 0.717) is 11.1 Å². The first-order valence-electron chi connectivity index (χ1n) is 11.7. The normalized spacial score (nSPS) is 12.4. The molecule has 3 aromatic rings. The molecule has 0 aromatic heterocycles. The standard InChI is InChI=1S/C32H34O2/c1-31(2,3)27-16-12-25(13-17-27)29(33)20-10-23-8-7-9-24(22-23)11-21-30(34)26-14-18-28(19-15-26)32(4,5)6/h7-22H,1-6H3. The number of benzene rings is 3. The Morgan fingerprint density at radius 1 is 0.559 bits per heavy atom. The summed E-state index contributed by atoms with van der Waals surface area (Å²) in [5.74, 6) is -0.0643. The molecule has 2 nitrogen and oxygen atoms in total. The van der Waals surface area contributed by atoms with Gasteiger partial charge in [-0.15, -0.1) is 0 Å². The molecular formula is C32H34O2. The summed E-state index contributed by atoms with van der Waals surface area (Å²) in [6.45, 7) is 12.9. The monoisotopic (exact) mass is 450 g/mol. The molecule has 174 valence electrons. The second-order valence-corrected chi connectivity index (χ2v) is 10.7. The molecule has 0 aliphatic rings. The topological polar surface area (TPSA) is 34.1 Å². The van der Waals surface area contributed by atoms with Gasteiger partial charge in [-0.3, -0.25) is 9.59 Å². The van der Waals surface area contributed by atoms with Gasteiger partial charge < -0.3 is 0 Å². The van der Waals surface area contributed by atoms with Crippen molar-refractivity contribution in [1.82, 2.24) is 0 Å². The lowest BCUT2D eigenvalue weighted by Crippen LogP contribution is -2.11. The van der Waals surface area contributed by atoms with Crippen molar-refractivity contribution < 1.29 is 9.59 Å². The van der Waals surface area contributed by atoms with E-state index >= 15 is 0 Å². The molecule has 0 aliphatic heterocycles. The summed E-state index contributed by atoms with van der Waals surface area (Å²) in [7, 11) is 0. The lowest BCUT2D eigenvalue weighted by atomic mass is 9.86. The molecule has 0 unspecified atom stereocenters. The van der Waals surface area contributed by atoms with Crippen LogP contribution in [0.15, 0.2) is 84.9 Å². The van der Waals surface area contributed by atoms with E-state index in [0.717, 1.165) is 11.1 Å². The Kier molecular flexibility index (Phi) is 7.51. The van der Waals surface area contributed by atoms with Crippen molar-refractivity contribution in [2.45, 2.75) is 52.4 Å². The van der Waals surface area contributed by atoms with Crippen LogP contribution in [0.3, 0.4) is 0 Å². The van der Waals surface area contributed by atoms with Gasteiger partial charge in [-0.2, -0.15) is 0 Å². The molecule has 0 atom stereocenters. The summed E-state index contributed by atoms with van der Waals surface area (Å²) in [4.78, 5) is 25.2. The average Bonchev–Trinajstić information content (AvgIpc) is 2.80. The number of allylic oxidation sites excluding steroid dienone is 2. The SMILES string of the molecule is CC(C)(C)c1ccc(C(=O)C=Cc2cccc(C=CC(=O)c3ccc(C(C)(C)C)cc3)c2)cc1. The molecule has 0 amide bonds. The van der Waals surface area contributed by atoms with Gasteiger partial charge in [-0.25, -0.2) is 0 Å². The van der Waals surface area contributed by atoms with Crippen LogP contribution in [0.1, 0.15) is 84.5 Å². The molecule has 0 heterocycles. The third-order valence-electron chi connectivity index (χ3n) is 5.84. The van der Waals surface area contributed by atoms with Crippen LogP contribution in [0.4, 0.5) is 0 Å². The molecule has 2 heteroatoms. The van der Waals surface area contributed by atoms with E-state index in [1.165, 1.54) is 11.1 Å². The van der Waals surface area contributed by atoms with E-state index in [9.17, 15) is 9.59 Å².